The van der Waals surface area contributed by atoms with Gasteiger partial charge in [0.05, 0.1) is 4.90 Å². The summed E-state index contributed by atoms with van der Waals surface area (Å²) >= 11 is 5.98. The van der Waals surface area contributed by atoms with Gasteiger partial charge in [-0.05, 0) is 42.8 Å². The lowest BCUT2D eigenvalue weighted by Crippen LogP contribution is -2.22. The Bertz CT molecular complexity index is 1350. The highest BCUT2D eigenvalue weighted by atomic mass is 35.5. The SMILES string of the molecule is Cc1ccc(S(=O)(=O)n2ccc3c(-c4ccc(Cl)cc4)cn(C)c(=O)c32)cc1. The van der Waals surface area contributed by atoms with E-state index in [1.165, 1.54) is 10.8 Å². The molecule has 0 amide bonds. The van der Waals surface area contributed by atoms with Gasteiger partial charge in [0.15, 0.2) is 0 Å². The summed E-state index contributed by atoms with van der Waals surface area (Å²) in [6.45, 7) is 1.88. The summed E-state index contributed by atoms with van der Waals surface area (Å²) in [7, 11) is -2.29. The average Bonchev–Trinajstić information content (AvgIpc) is 3.12. The molecule has 4 rings (SSSR count). The average molecular weight is 413 g/mol. The molecule has 0 N–H and O–H groups in total. The number of aromatic nitrogens is 2. The Morgan fingerprint density at radius 3 is 2.21 bits per heavy atom. The minimum atomic E-state index is -3.90. The molecule has 0 saturated carbocycles. The second-order valence-corrected chi connectivity index (χ2v) is 8.91. The summed E-state index contributed by atoms with van der Waals surface area (Å²) in [6, 6.07) is 15.4. The van der Waals surface area contributed by atoms with E-state index in [0.717, 1.165) is 20.7 Å². The van der Waals surface area contributed by atoms with Crippen molar-refractivity contribution in [2.24, 2.45) is 7.05 Å². The molecule has 142 valence electrons. The molecule has 0 aliphatic heterocycles. The van der Waals surface area contributed by atoms with Crippen molar-refractivity contribution >= 4 is 32.5 Å². The molecule has 0 radical (unpaired) electrons. The molecule has 0 aliphatic rings. The fraction of sp³-hybridized carbons (Fsp3) is 0.0952. The van der Waals surface area contributed by atoms with Crippen LogP contribution in [0.2, 0.25) is 5.02 Å². The highest BCUT2D eigenvalue weighted by Gasteiger charge is 2.22. The van der Waals surface area contributed by atoms with Crippen molar-refractivity contribution in [3.05, 3.63) is 87.9 Å². The Balaban J connectivity index is 2.01. The third-order valence-corrected chi connectivity index (χ3v) is 6.66. The molecule has 7 heteroatoms. The van der Waals surface area contributed by atoms with E-state index in [0.29, 0.717) is 10.4 Å². The van der Waals surface area contributed by atoms with Crippen LogP contribution in [-0.2, 0) is 17.1 Å². The van der Waals surface area contributed by atoms with E-state index in [4.69, 9.17) is 11.6 Å². The number of benzene rings is 2. The van der Waals surface area contributed by atoms with E-state index in [1.54, 1.807) is 55.7 Å². The first-order valence-electron chi connectivity index (χ1n) is 8.58. The predicted octanol–water partition coefficient (Wildman–Crippen LogP) is 4.21. The maximum Gasteiger partial charge on any atom is 0.275 e. The molecule has 4 aromatic rings. The van der Waals surface area contributed by atoms with E-state index < -0.39 is 10.0 Å². The van der Waals surface area contributed by atoms with Crippen LogP contribution in [0.5, 0.6) is 0 Å². The summed E-state index contributed by atoms with van der Waals surface area (Å²) in [4.78, 5) is 13.0. The lowest BCUT2D eigenvalue weighted by atomic mass is 10.0. The summed E-state index contributed by atoms with van der Waals surface area (Å²) in [5.41, 5.74) is 2.29. The first kappa shape index (κ1) is 18.5. The van der Waals surface area contributed by atoms with E-state index in [1.807, 2.05) is 19.1 Å². The summed E-state index contributed by atoms with van der Waals surface area (Å²) in [5.74, 6) is 0. The zero-order valence-corrected chi connectivity index (χ0v) is 16.8. The molecule has 0 unspecified atom stereocenters. The van der Waals surface area contributed by atoms with E-state index >= 15 is 0 Å². The van der Waals surface area contributed by atoms with E-state index in [9.17, 15) is 13.2 Å². The van der Waals surface area contributed by atoms with Gasteiger partial charge in [-0.3, -0.25) is 4.79 Å². The van der Waals surface area contributed by atoms with Crippen LogP contribution in [0.4, 0.5) is 0 Å². The van der Waals surface area contributed by atoms with Gasteiger partial charge in [-0.15, -0.1) is 0 Å². The van der Waals surface area contributed by atoms with Gasteiger partial charge in [0.2, 0.25) is 0 Å². The standard InChI is InChI=1S/C21H17ClN2O3S/c1-14-3-9-17(10-4-14)28(26,27)24-12-11-18-19(13-23(2)21(25)20(18)24)15-5-7-16(22)8-6-15/h3-13H,1-2H3. The molecular formula is C21H17ClN2O3S. The number of pyridine rings is 1. The zero-order chi connectivity index (χ0) is 20.1. The molecule has 2 aromatic heterocycles. The van der Waals surface area contributed by atoms with Gasteiger partial charge in [0.1, 0.15) is 5.52 Å². The van der Waals surface area contributed by atoms with E-state index in [-0.39, 0.29) is 16.0 Å². The van der Waals surface area contributed by atoms with Gasteiger partial charge in [-0.2, -0.15) is 0 Å². The van der Waals surface area contributed by atoms with Crippen molar-refractivity contribution in [3.63, 3.8) is 0 Å². The topological polar surface area (TPSA) is 61.1 Å². The molecular weight excluding hydrogens is 396 g/mol. The predicted molar refractivity (Wildman–Crippen MR) is 111 cm³/mol. The molecule has 5 nitrogen and oxygen atoms in total. The quantitative estimate of drug-likeness (QED) is 0.506. The van der Waals surface area contributed by atoms with Crippen molar-refractivity contribution in [2.75, 3.05) is 0 Å². The first-order chi connectivity index (χ1) is 13.3. The fourth-order valence-electron chi connectivity index (χ4n) is 3.21. The van der Waals surface area contributed by atoms with Crippen LogP contribution in [0.1, 0.15) is 5.56 Å². The molecule has 0 aliphatic carbocycles. The number of fused-ring (bicyclic) bond motifs is 1. The molecule has 0 fully saturated rings. The Kier molecular flexibility index (Phi) is 4.40. The second kappa shape index (κ2) is 6.65. The highest BCUT2D eigenvalue weighted by Crippen LogP contribution is 2.30. The van der Waals surface area contributed by atoms with Crippen LogP contribution in [-0.4, -0.2) is 17.0 Å². The minimum absolute atomic E-state index is 0.121. The molecule has 2 heterocycles. The zero-order valence-electron chi connectivity index (χ0n) is 15.3. The van der Waals surface area contributed by atoms with Crippen molar-refractivity contribution in [2.45, 2.75) is 11.8 Å². The number of rotatable bonds is 3. The smallest absolute Gasteiger partial charge is 0.275 e. The number of halogens is 1. The molecule has 0 saturated heterocycles. The van der Waals surface area contributed by atoms with E-state index in [2.05, 4.69) is 0 Å². The second-order valence-electron chi connectivity index (χ2n) is 6.66. The molecule has 0 spiro atoms. The number of aryl methyl sites for hydroxylation is 2. The van der Waals surface area contributed by atoms with Gasteiger partial charge in [-0.1, -0.05) is 41.4 Å². The van der Waals surface area contributed by atoms with Crippen LogP contribution in [0.15, 0.2) is 76.7 Å². The molecule has 0 atom stereocenters. The van der Waals surface area contributed by atoms with Crippen LogP contribution in [0, 0.1) is 6.92 Å². The Morgan fingerprint density at radius 1 is 0.929 bits per heavy atom. The van der Waals surface area contributed by atoms with Crippen molar-refractivity contribution in [3.8, 4) is 11.1 Å². The van der Waals surface area contributed by atoms with Crippen LogP contribution in [0.25, 0.3) is 22.0 Å². The van der Waals surface area contributed by atoms with Gasteiger partial charge >= 0.3 is 0 Å². The first-order valence-corrected chi connectivity index (χ1v) is 10.4. The van der Waals surface area contributed by atoms with Crippen LogP contribution in [0.3, 0.4) is 0 Å². The summed E-state index contributed by atoms with van der Waals surface area (Å²) in [6.07, 6.45) is 3.14. The van der Waals surface area contributed by atoms with Crippen molar-refractivity contribution in [1.29, 1.82) is 0 Å². The summed E-state index contributed by atoms with van der Waals surface area (Å²) in [5, 5.41) is 1.17. The van der Waals surface area contributed by atoms with Crippen molar-refractivity contribution in [1.82, 2.24) is 8.54 Å². The van der Waals surface area contributed by atoms with Crippen LogP contribution >= 0.6 is 11.6 Å². The molecule has 0 bridgehead atoms. The third kappa shape index (κ3) is 2.95. The lowest BCUT2D eigenvalue weighted by Gasteiger charge is -2.11. The van der Waals surface area contributed by atoms with Gasteiger partial charge in [0, 0.05) is 35.4 Å². The third-order valence-electron chi connectivity index (χ3n) is 4.72. The number of nitrogens with zero attached hydrogens (tertiary/aromatic N) is 2. The summed E-state index contributed by atoms with van der Waals surface area (Å²) < 4.78 is 28.8. The normalized spacial score (nSPS) is 11.8. The van der Waals surface area contributed by atoms with Crippen molar-refractivity contribution < 1.29 is 8.42 Å². The van der Waals surface area contributed by atoms with Gasteiger partial charge < -0.3 is 4.57 Å². The largest absolute Gasteiger partial charge is 0.316 e. The monoisotopic (exact) mass is 412 g/mol. The van der Waals surface area contributed by atoms with Gasteiger partial charge in [0.25, 0.3) is 15.6 Å². The Morgan fingerprint density at radius 2 is 1.57 bits per heavy atom. The number of hydrogen-bond acceptors (Lipinski definition) is 3. The Hall–Kier alpha value is -2.83. The minimum Gasteiger partial charge on any atom is -0.316 e. The maximum absolute atomic E-state index is 13.2. The fourth-order valence-corrected chi connectivity index (χ4v) is 4.68. The lowest BCUT2D eigenvalue weighted by molar-refractivity contribution is 0.589. The number of hydrogen-bond donors (Lipinski definition) is 0. The highest BCUT2D eigenvalue weighted by molar-refractivity contribution is 7.90. The van der Waals surface area contributed by atoms with Gasteiger partial charge in [-0.25, -0.2) is 12.4 Å². The Labute approximate surface area is 167 Å². The maximum atomic E-state index is 13.2. The van der Waals surface area contributed by atoms with Crippen LogP contribution < -0.4 is 5.56 Å². The molecule has 28 heavy (non-hydrogen) atoms. The molecule has 2 aromatic carbocycles.